The summed E-state index contributed by atoms with van der Waals surface area (Å²) < 4.78 is 41.8. The van der Waals surface area contributed by atoms with Gasteiger partial charge in [-0.25, -0.2) is 13.2 Å². The minimum absolute atomic E-state index is 0.221. The Kier molecular flexibility index (Phi) is 4.75. The van der Waals surface area contributed by atoms with Gasteiger partial charge in [0.15, 0.2) is 0 Å². The van der Waals surface area contributed by atoms with Gasteiger partial charge in [-0.2, -0.15) is 0 Å². The first-order valence-corrected chi connectivity index (χ1v) is 8.67. The Labute approximate surface area is 162 Å². The SMILES string of the molecule is O=C(NCc1c(F)cccc1F)c1nnc2n(c1=O)CCN2c1ccc(F)cc1. The molecule has 2 heterocycles. The van der Waals surface area contributed by atoms with Crippen LogP contribution in [0.3, 0.4) is 0 Å². The lowest BCUT2D eigenvalue weighted by atomic mass is 10.2. The third-order valence-corrected chi connectivity index (χ3v) is 4.56. The number of halogens is 3. The van der Waals surface area contributed by atoms with Crippen molar-refractivity contribution in [3.8, 4) is 0 Å². The van der Waals surface area contributed by atoms with Crippen LogP contribution in [-0.2, 0) is 13.1 Å². The normalized spacial score (nSPS) is 12.7. The average Bonchev–Trinajstić information content (AvgIpc) is 3.13. The monoisotopic (exact) mass is 401 g/mol. The summed E-state index contributed by atoms with van der Waals surface area (Å²) in [6.07, 6.45) is 0. The summed E-state index contributed by atoms with van der Waals surface area (Å²) in [7, 11) is 0. The summed E-state index contributed by atoms with van der Waals surface area (Å²) in [5, 5.41) is 9.94. The molecule has 0 aliphatic carbocycles. The first-order chi connectivity index (χ1) is 14.0. The Morgan fingerprint density at radius 2 is 1.69 bits per heavy atom. The molecule has 0 saturated carbocycles. The average molecular weight is 401 g/mol. The molecule has 1 aliphatic heterocycles. The van der Waals surface area contributed by atoms with Crippen molar-refractivity contribution in [1.82, 2.24) is 20.1 Å². The lowest BCUT2D eigenvalue weighted by Gasteiger charge is -2.16. The number of aromatic nitrogens is 3. The number of fused-ring (bicyclic) bond motifs is 1. The molecule has 148 valence electrons. The molecule has 1 amide bonds. The Balaban J connectivity index is 1.57. The molecule has 10 heteroatoms. The maximum absolute atomic E-state index is 13.7. The third kappa shape index (κ3) is 3.44. The topological polar surface area (TPSA) is 80.1 Å². The largest absolute Gasteiger partial charge is 0.346 e. The standard InChI is InChI=1S/C19H14F3N5O2/c20-11-4-6-12(7-5-11)26-8-9-27-18(29)16(24-25-19(26)27)17(28)23-10-13-14(21)2-1-3-15(13)22/h1-7H,8-10H2,(H,23,28). The highest BCUT2D eigenvalue weighted by Gasteiger charge is 2.27. The quantitative estimate of drug-likeness (QED) is 0.725. The van der Waals surface area contributed by atoms with E-state index >= 15 is 0 Å². The Morgan fingerprint density at radius 1 is 1.00 bits per heavy atom. The molecule has 0 saturated heterocycles. The van der Waals surface area contributed by atoms with E-state index in [0.29, 0.717) is 12.2 Å². The number of nitrogens with one attached hydrogen (secondary N) is 1. The zero-order chi connectivity index (χ0) is 20.5. The third-order valence-electron chi connectivity index (χ3n) is 4.56. The van der Waals surface area contributed by atoms with Crippen LogP contribution in [-0.4, -0.2) is 27.2 Å². The molecule has 0 unspecified atom stereocenters. The number of rotatable bonds is 4. The zero-order valence-corrected chi connectivity index (χ0v) is 14.9. The molecule has 0 radical (unpaired) electrons. The van der Waals surface area contributed by atoms with E-state index in [1.54, 1.807) is 17.0 Å². The molecule has 29 heavy (non-hydrogen) atoms. The molecule has 1 aliphatic rings. The first kappa shape index (κ1) is 18.7. The van der Waals surface area contributed by atoms with Crippen molar-refractivity contribution in [3.05, 3.63) is 81.5 Å². The van der Waals surface area contributed by atoms with Crippen LogP contribution in [0.5, 0.6) is 0 Å². The highest BCUT2D eigenvalue weighted by atomic mass is 19.1. The van der Waals surface area contributed by atoms with Gasteiger partial charge in [0.1, 0.15) is 17.5 Å². The van der Waals surface area contributed by atoms with Gasteiger partial charge in [-0.3, -0.25) is 14.2 Å². The summed E-state index contributed by atoms with van der Waals surface area (Å²) in [5.41, 5.74) is -0.853. The molecule has 4 rings (SSSR count). The first-order valence-electron chi connectivity index (χ1n) is 8.67. The predicted octanol–water partition coefficient (Wildman–Crippen LogP) is 2.14. The Morgan fingerprint density at radius 3 is 2.38 bits per heavy atom. The van der Waals surface area contributed by atoms with E-state index in [9.17, 15) is 22.8 Å². The maximum atomic E-state index is 13.7. The van der Waals surface area contributed by atoms with E-state index in [-0.39, 0.29) is 18.1 Å². The van der Waals surface area contributed by atoms with Crippen molar-refractivity contribution in [1.29, 1.82) is 0 Å². The smallest absolute Gasteiger partial charge is 0.286 e. The summed E-state index contributed by atoms with van der Waals surface area (Å²) in [5.74, 6) is -2.68. The van der Waals surface area contributed by atoms with E-state index in [0.717, 1.165) is 12.1 Å². The van der Waals surface area contributed by atoms with Crippen LogP contribution in [0.4, 0.5) is 24.8 Å². The molecule has 1 N–H and O–H groups in total. The second-order valence-corrected chi connectivity index (χ2v) is 6.32. The summed E-state index contributed by atoms with van der Waals surface area (Å²) >= 11 is 0. The van der Waals surface area contributed by atoms with Crippen LogP contribution < -0.4 is 15.8 Å². The van der Waals surface area contributed by atoms with E-state index in [1.165, 1.54) is 22.8 Å². The lowest BCUT2D eigenvalue weighted by Crippen LogP contribution is -2.35. The van der Waals surface area contributed by atoms with Gasteiger partial charge >= 0.3 is 0 Å². The molecular formula is C19H14F3N5O2. The Hall–Kier alpha value is -3.69. The van der Waals surface area contributed by atoms with E-state index in [2.05, 4.69) is 15.5 Å². The van der Waals surface area contributed by atoms with Crippen LogP contribution in [0.2, 0.25) is 0 Å². The van der Waals surface area contributed by atoms with Gasteiger partial charge in [0, 0.05) is 30.9 Å². The Bertz CT molecular complexity index is 1130. The maximum Gasteiger partial charge on any atom is 0.286 e. The molecule has 0 atom stereocenters. The fraction of sp³-hybridized carbons (Fsp3) is 0.158. The van der Waals surface area contributed by atoms with Crippen LogP contribution in [0.15, 0.2) is 47.3 Å². The second kappa shape index (κ2) is 7.38. The molecule has 3 aromatic rings. The number of benzene rings is 2. The van der Waals surface area contributed by atoms with Crippen LogP contribution in [0.25, 0.3) is 0 Å². The number of carbonyl (C=O) groups is 1. The van der Waals surface area contributed by atoms with E-state index in [1.807, 2.05) is 0 Å². The molecule has 2 aromatic carbocycles. The van der Waals surface area contributed by atoms with Gasteiger partial charge in [0.25, 0.3) is 11.5 Å². The van der Waals surface area contributed by atoms with Gasteiger partial charge < -0.3 is 10.2 Å². The molecule has 1 aromatic heterocycles. The molecular weight excluding hydrogens is 387 g/mol. The van der Waals surface area contributed by atoms with Crippen molar-refractivity contribution < 1.29 is 18.0 Å². The number of carbonyl (C=O) groups excluding carboxylic acids is 1. The fourth-order valence-corrected chi connectivity index (χ4v) is 3.07. The van der Waals surface area contributed by atoms with Gasteiger partial charge in [0.2, 0.25) is 11.6 Å². The number of nitrogens with zero attached hydrogens (tertiary/aromatic N) is 4. The minimum Gasteiger partial charge on any atom is -0.346 e. The molecule has 7 nitrogen and oxygen atoms in total. The zero-order valence-electron chi connectivity index (χ0n) is 14.9. The molecule has 0 spiro atoms. The molecule has 0 fully saturated rings. The second-order valence-electron chi connectivity index (χ2n) is 6.32. The summed E-state index contributed by atoms with van der Waals surface area (Å²) in [6.45, 7) is 0.201. The van der Waals surface area contributed by atoms with Crippen molar-refractivity contribution in [3.63, 3.8) is 0 Å². The summed E-state index contributed by atoms with van der Waals surface area (Å²) in [4.78, 5) is 26.6. The van der Waals surface area contributed by atoms with E-state index < -0.39 is 41.2 Å². The van der Waals surface area contributed by atoms with Crippen LogP contribution in [0, 0.1) is 17.5 Å². The minimum atomic E-state index is -0.888. The van der Waals surface area contributed by atoms with Gasteiger partial charge in [-0.15, -0.1) is 10.2 Å². The number of hydrogen-bond acceptors (Lipinski definition) is 5. The molecule has 0 bridgehead atoms. The lowest BCUT2D eigenvalue weighted by molar-refractivity contribution is 0.0941. The highest BCUT2D eigenvalue weighted by Crippen LogP contribution is 2.26. The van der Waals surface area contributed by atoms with Gasteiger partial charge in [-0.1, -0.05) is 6.07 Å². The van der Waals surface area contributed by atoms with Crippen molar-refractivity contribution >= 4 is 17.5 Å². The van der Waals surface area contributed by atoms with Gasteiger partial charge in [0.05, 0.1) is 0 Å². The van der Waals surface area contributed by atoms with Crippen LogP contribution in [0.1, 0.15) is 16.1 Å². The van der Waals surface area contributed by atoms with Crippen molar-refractivity contribution in [2.45, 2.75) is 13.1 Å². The fourth-order valence-electron chi connectivity index (χ4n) is 3.07. The van der Waals surface area contributed by atoms with E-state index in [4.69, 9.17) is 0 Å². The number of amides is 1. The van der Waals surface area contributed by atoms with Crippen LogP contribution >= 0.6 is 0 Å². The predicted molar refractivity (Wildman–Crippen MR) is 97.2 cm³/mol. The number of hydrogen-bond donors (Lipinski definition) is 1. The van der Waals surface area contributed by atoms with Gasteiger partial charge in [-0.05, 0) is 36.4 Å². The number of anilines is 2. The highest BCUT2D eigenvalue weighted by molar-refractivity contribution is 5.91. The summed E-state index contributed by atoms with van der Waals surface area (Å²) in [6, 6.07) is 9.00. The van der Waals surface area contributed by atoms with Crippen molar-refractivity contribution in [2.75, 3.05) is 11.4 Å². The van der Waals surface area contributed by atoms with Crippen molar-refractivity contribution in [2.24, 2.45) is 0 Å².